The zero-order valence-electron chi connectivity index (χ0n) is 16.9. The van der Waals surface area contributed by atoms with Crippen molar-refractivity contribution in [3.05, 3.63) is 0 Å². The van der Waals surface area contributed by atoms with E-state index in [9.17, 15) is 20.4 Å². The zero-order valence-corrected chi connectivity index (χ0v) is 16.9. The molecule has 0 radical (unpaired) electrons. The molecule has 1 aliphatic heterocycles. The van der Waals surface area contributed by atoms with E-state index in [1.807, 2.05) is 0 Å². The van der Waals surface area contributed by atoms with E-state index >= 15 is 0 Å². The molecule has 2 aliphatic rings. The standard InChI is InChI=1S/C18H39N5O6/c19-2-1-3-22-13-6-14(26)16(7-20)28-18(13)29-17-12(21)4-10(5-15(17)27)23-11(8-24)9-25/h10-18,22-27H,1-9,19-21H2/t10-,12+,13-,14+,15-,16-,17?,18-/m1/s1. The van der Waals surface area contributed by atoms with E-state index in [0.29, 0.717) is 32.4 Å². The summed E-state index contributed by atoms with van der Waals surface area (Å²) >= 11 is 0. The molecule has 0 aromatic carbocycles. The van der Waals surface area contributed by atoms with E-state index in [-0.39, 0.29) is 31.8 Å². The molecule has 0 aromatic rings. The maximum absolute atomic E-state index is 10.6. The lowest BCUT2D eigenvalue weighted by Gasteiger charge is -2.44. The highest BCUT2D eigenvalue weighted by molar-refractivity contribution is 4.95. The molecule has 2 rings (SSSR count). The summed E-state index contributed by atoms with van der Waals surface area (Å²) in [5.41, 5.74) is 17.5. The van der Waals surface area contributed by atoms with Crippen molar-refractivity contribution in [2.75, 3.05) is 32.8 Å². The first-order valence-electron chi connectivity index (χ1n) is 10.5. The number of rotatable bonds is 11. The average molecular weight is 422 g/mol. The second-order valence-corrected chi connectivity index (χ2v) is 8.01. The Morgan fingerprint density at radius 2 is 1.79 bits per heavy atom. The normalized spacial score (nSPS) is 38.5. The van der Waals surface area contributed by atoms with Gasteiger partial charge < -0.3 is 57.7 Å². The smallest absolute Gasteiger partial charge is 0.173 e. The summed E-state index contributed by atoms with van der Waals surface area (Å²) in [6, 6.07) is -1.34. The number of aliphatic hydroxyl groups is 4. The molecule has 1 aliphatic carbocycles. The highest BCUT2D eigenvalue weighted by Gasteiger charge is 2.43. The minimum Gasteiger partial charge on any atom is -0.395 e. The lowest BCUT2D eigenvalue weighted by atomic mass is 9.86. The minimum atomic E-state index is -0.842. The van der Waals surface area contributed by atoms with Gasteiger partial charge in [-0.3, -0.25) is 0 Å². The van der Waals surface area contributed by atoms with Crippen molar-refractivity contribution in [1.29, 1.82) is 0 Å². The molecule has 0 spiro atoms. The molecule has 1 saturated carbocycles. The van der Waals surface area contributed by atoms with Crippen LogP contribution in [0.25, 0.3) is 0 Å². The SMILES string of the molecule is NCCCN[C@@H]1C[C@H](O)[C@@H](CN)O[C@@H]1OC1[C@H](O)C[C@H](NC(CO)CO)C[C@@H]1N. The topological polar surface area (TPSA) is 202 Å². The van der Waals surface area contributed by atoms with Gasteiger partial charge in [-0.2, -0.15) is 0 Å². The van der Waals surface area contributed by atoms with Crippen molar-refractivity contribution in [2.24, 2.45) is 17.2 Å². The summed E-state index contributed by atoms with van der Waals surface area (Å²) in [4.78, 5) is 0. The average Bonchev–Trinajstić information content (AvgIpc) is 2.70. The van der Waals surface area contributed by atoms with E-state index < -0.39 is 42.8 Å². The first-order valence-corrected chi connectivity index (χ1v) is 10.5. The van der Waals surface area contributed by atoms with E-state index in [2.05, 4.69) is 10.6 Å². The van der Waals surface area contributed by atoms with Crippen LogP contribution < -0.4 is 27.8 Å². The largest absolute Gasteiger partial charge is 0.395 e. The van der Waals surface area contributed by atoms with Gasteiger partial charge in [-0.1, -0.05) is 0 Å². The Balaban J connectivity index is 1.98. The van der Waals surface area contributed by atoms with Crippen molar-refractivity contribution >= 4 is 0 Å². The molecular weight excluding hydrogens is 382 g/mol. The molecule has 0 aromatic heterocycles. The summed E-state index contributed by atoms with van der Waals surface area (Å²) in [7, 11) is 0. The fraction of sp³-hybridized carbons (Fsp3) is 1.00. The van der Waals surface area contributed by atoms with Crippen LogP contribution in [0.15, 0.2) is 0 Å². The van der Waals surface area contributed by atoms with Crippen LogP contribution in [0.4, 0.5) is 0 Å². The maximum atomic E-state index is 10.6. The first-order chi connectivity index (χ1) is 13.9. The van der Waals surface area contributed by atoms with Crippen LogP contribution in [-0.2, 0) is 9.47 Å². The Labute approximate surface area is 171 Å². The number of hydrogen-bond acceptors (Lipinski definition) is 11. The minimum absolute atomic E-state index is 0.145. The number of nitrogens with two attached hydrogens (primary N) is 3. The van der Waals surface area contributed by atoms with Crippen molar-refractivity contribution in [3.8, 4) is 0 Å². The van der Waals surface area contributed by atoms with Gasteiger partial charge in [0, 0.05) is 18.6 Å². The van der Waals surface area contributed by atoms with Gasteiger partial charge in [-0.25, -0.2) is 0 Å². The van der Waals surface area contributed by atoms with Gasteiger partial charge in [-0.15, -0.1) is 0 Å². The molecule has 2 fully saturated rings. The van der Waals surface area contributed by atoms with Crippen molar-refractivity contribution < 1.29 is 29.9 Å². The van der Waals surface area contributed by atoms with Crippen LogP contribution in [0.3, 0.4) is 0 Å². The molecule has 0 amide bonds. The van der Waals surface area contributed by atoms with Crippen molar-refractivity contribution in [3.63, 3.8) is 0 Å². The molecule has 1 saturated heterocycles. The summed E-state index contributed by atoms with van der Waals surface area (Å²) in [5.74, 6) is 0. The lowest BCUT2D eigenvalue weighted by Crippen LogP contribution is -2.62. The Hall–Kier alpha value is -0.440. The Kier molecular flexibility index (Phi) is 10.6. The van der Waals surface area contributed by atoms with Gasteiger partial charge in [-0.05, 0) is 38.8 Å². The van der Waals surface area contributed by atoms with Gasteiger partial charge >= 0.3 is 0 Å². The molecule has 0 bridgehead atoms. The molecule has 12 N–H and O–H groups in total. The number of ether oxygens (including phenoxy) is 2. The quantitative estimate of drug-likeness (QED) is 0.147. The zero-order chi connectivity index (χ0) is 21.4. The first kappa shape index (κ1) is 24.8. The second-order valence-electron chi connectivity index (χ2n) is 8.01. The summed E-state index contributed by atoms with van der Waals surface area (Å²) < 4.78 is 12.0. The van der Waals surface area contributed by atoms with Crippen molar-refractivity contribution in [1.82, 2.24) is 10.6 Å². The van der Waals surface area contributed by atoms with Gasteiger partial charge in [0.15, 0.2) is 6.29 Å². The van der Waals surface area contributed by atoms with Crippen LogP contribution in [0, 0.1) is 0 Å². The fourth-order valence-electron chi connectivity index (χ4n) is 4.04. The maximum Gasteiger partial charge on any atom is 0.173 e. The van der Waals surface area contributed by atoms with E-state index in [4.69, 9.17) is 26.7 Å². The second kappa shape index (κ2) is 12.4. The highest BCUT2D eigenvalue weighted by Crippen LogP contribution is 2.27. The summed E-state index contributed by atoms with van der Waals surface area (Å²) in [6.07, 6.45) is -1.38. The third-order valence-electron chi connectivity index (χ3n) is 5.67. The van der Waals surface area contributed by atoms with Crippen LogP contribution in [0.5, 0.6) is 0 Å². The molecule has 1 unspecified atom stereocenters. The Morgan fingerprint density at radius 3 is 2.38 bits per heavy atom. The van der Waals surface area contributed by atoms with Gasteiger partial charge in [0.1, 0.15) is 6.10 Å². The molecule has 11 heteroatoms. The van der Waals surface area contributed by atoms with E-state index in [1.165, 1.54) is 0 Å². The third kappa shape index (κ3) is 7.04. The number of nitrogens with one attached hydrogen (secondary N) is 2. The highest BCUT2D eigenvalue weighted by atomic mass is 16.7. The van der Waals surface area contributed by atoms with E-state index in [0.717, 1.165) is 6.42 Å². The molecular formula is C18H39N5O6. The summed E-state index contributed by atoms with van der Waals surface area (Å²) in [6.45, 7) is 0.953. The van der Waals surface area contributed by atoms with Crippen molar-refractivity contribution in [2.45, 2.75) is 80.6 Å². The lowest BCUT2D eigenvalue weighted by molar-refractivity contribution is -0.265. The summed E-state index contributed by atoms with van der Waals surface area (Å²) in [5, 5.41) is 45.8. The Bertz CT molecular complexity index is 448. The molecule has 1 heterocycles. The van der Waals surface area contributed by atoms with Crippen LogP contribution in [0.2, 0.25) is 0 Å². The fourth-order valence-corrected chi connectivity index (χ4v) is 4.04. The van der Waals surface area contributed by atoms with Crippen LogP contribution >= 0.6 is 0 Å². The number of hydrogen-bond donors (Lipinski definition) is 9. The van der Waals surface area contributed by atoms with Crippen LogP contribution in [0.1, 0.15) is 25.7 Å². The third-order valence-corrected chi connectivity index (χ3v) is 5.67. The molecule has 11 nitrogen and oxygen atoms in total. The van der Waals surface area contributed by atoms with Gasteiger partial charge in [0.25, 0.3) is 0 Å². The molecule has 8 atom stereocenters. The Morgan fingerprint density at radius 1 is 1.07 bits per heavy atom. The van der Waals surface area contributed by atoms with E-state index in [1.54, 1.807) is 0 Å². The van der Waals surface area contributed by atoms with Gasteiger partial charge in [0.05, 0.1) is 43.6 Å². The van der Waals surface area contributed by atoms with Gasteiger partial charge in [0.2, 0.25) is 0 Å². The predicted molar refractivity (Wildman–Crippen MR) is 107 cm³/mol. The number of aliphatic hydroxyl groups excluding tert-OH is 4. The predicted octanol–water partition coefficient (Wildman–Crippen LogP) is -4.09. The molecule has 172 valence electrons. The monoisotopic (exact) mass is 421 g/mol. The molecule has 29 heavy (non-hydrogen) atoms. The van der Waals surface area contributed by atoms with Crippen LogP contribution in [-0.4, -0.2) is 108 Å².